The van der Waals surface area contributed by atoms with Crippen molar-refractivity contribution in [1.29, 1.82) is 0 Å². The van der Waals surface area contributed by atoms with Crippen LogP contribution in [0.5, 0.6) is 0 Å². The molecule has 4 N–H and O–H groups in total. The molecule has 0 saturated carbocycles. The molecule has 102 valence electrons. The molecule has 2 aromatic rings. The van der Waals surface area contributed by atoms with E-state index < -0.39 is 25.1 Å². The first kappa shape index (κ1) is 13.7. The van der Waals surface area contributed by atoms with Crippen LogP contribution in [0.3, 0.4) is 0 Å². The van der Waals surface area contributed by atoms with Crippen LogP contribution in [0.4, 0.5) is 5.69 Å². The molecule has 2 aromatic carbocycles. The Balaban J connectivity index is 2.91. The van der Waals surface area contributed by atoms with Gasteiger partial charge in [0.1, 0.15) is 4.90 Å². The van der Waals surface area contributed by atoms with Gasteiger partial charge in [0.25, 0.3) is 20.2 Å². The second kappa shape index (κ2) is 4.17. The van der Waals surface area contributed by atoms with Crippen LogP contribution in [-0.2, 0) is 20.2 Å². The zero-order valence-corrected chi connectivity index (χ0v) is 10.9. The van der Waals surface area contributed by atoms with Crippen LogP contribution >= 0.6 is 0 Å². The van der Waals surface area contributed by atoms with E-state index in [1.54, 1.807) is 0 Å². The summed E-state index contributed by atoms with van der Waals surface area (Å²) < 4.78 is 62.5. The zero-order valence-electron chi connectivity index (χ0n) is 9.31. The second-order valence-corrected chi connectivity index (χ2v) is 6.60. The standard InChI is InChI=1S/C10H9NO6S2/c11-9-4-1-6-5-7(18(12,13)14)2-3-8(6)10(9)19(15,16)17/h1-5H,11H2,(H,12,13,14)(H,15,16,17). The average molecular weight is 303 g/mol. The number of hydrogen-bond donors (Lipinski definition) is 3. The van der Waals surface area contributed by atoms with Gasteiger partial charge in [0.05, 0.1) is 10.6 Å². The van der Waals surface area contributed by atoms with Crippen LogP contribution in [0.2, 0.25) is 0 Å². The van der Waals surface area contributed by atoms with Gasteiger partial charge in [-0.15, -0.1) is 0 Å². The first-order valence-corrected chi connectivity index (χ1v) is 7.76. The third-order valence-corrected chi connectivity index (χ3v) is 4.35. The summed E-state index contributed by atoms with van der Waals surface area (Å²) in [6, 6.07) is 5.86. The van der Waals surface area contributed by atoms with Crippen LogP contribution in [-0.4, -0.2) is 25.9 Å². The van der Waals surface area contributed by atoms with Gasteiger partial charge in [-0.1, -0.05) is 12.1 Å². The van der Waals surface area contributed by atoms with Gasteiger partial charge < -0.3 is 5.73 Å². The molecule has 0 atom stereocenters. The van der Waals surface area contributed by atoms with Crippen LogP contribution in [0, 0.1) is 0 Å². The Morgan fingerprint density at radius 1 is 0.895 bits per heavy atom. The first-order chi connectivity index (χ1) is 8.60. The Kier molecular flexibility index (Phi) is 3.01. The average Bonchev–Trinajstić information content (AvgIpc) is 2.25. The second-order valence-electron chi connectivity index (χ2n) is 3.82. The van der Waals surface area contributed by atoms with E-state index in [1.807, 2.05) is 0 Å². The minimum atomic E-state index is -4.55. The van der Waals surface area contributed by atoms with E-state index in [4.69, 9.17) is 14.8 Å². The highest BCUT2D eigenvalue weighted by atomic mass is 32.2. The Morgan fingerprint density at radius 3 is 2.05 bits per heavy atom. The van der Waals surface area contributed by atoms with Crippen molar-refractivity contribution in [3.63, 3.8) is 0 Å². The molecule has 0 aromatic heterocycles. The first-order valence-electron chi connectivity index (χ1n) is 4.88. The maximum atomic E-state index is 11.3. The quantitative estimate of drug-likeness (QED) is 0.554. The van der Waals surface area contributed by atoms with E-state index in [2.05, 4.69) is 0 Å². The molecule has 0 fully saturated rings. The zero-order chi connectivity index (χ0) is 14.4. The molecule has 0 spiro atoms. The van der Waals surface area contributed by atoms with Crippen LogP contribution in [0.25, 0.3) is 10.8 Å². The highest BCUT2D eigenvalue weighted by molar-refractivity contribution is 7.86. The monoisotopic (exact) mass is 303 g/mol. The molecule has 2 rings (SSSR count). The highest BCUT2D eigenvalue weighted by Crippen LogP contribution is 2.30. The number of anilines is 1. The largest absolute Gasteiger partial charge is 0.398 e. The third kappa shape index (κ3) is 2.54. The van der Waals surface area contributed by atoms with E-state index in [0.29, 0.717) is 0 Å². The van der Waals surface area contributed by atoms with Crippen molar-refractivity contribution in [3.8, 4) is 0 Å². The summed E-state index contributed by atoms with van der Waals surface area (Å²) in [6.07, 6.45) is 0. The summed E-state index contributed by atoms with van der Waals surface area (Å²) >= 11 is 0. The van der Waals surface area contributed by atoms with Crippen molar-refractivity contribution in [2.45, 2.75) is 9.79 Å². The van der Waals surface area contributed by atoms with Crippen LogP contribution in [0.15, 0.2) is 40.1 Å². The number of hydrogen-bond acceptors (Lipinski definition) is 5. The molecular weight excluding hydrogens is 294 g/mol. The fourth-order valence-electron chi connectivity index (χ4n) is 1.74. The third-order valence-electron chi connectivity index (χ3n) is 2.53. The molecule has 9 heteroatoms. The van der Waals surface area contributed by atoms with Crippen LogP contribution in [0.1, 0.15) is 0 Å². The van der Waals surface area contributed by atoms with Crippen molar-refractivity contribution >= 4 is 36.7 Å². The summed E-state index contributed by atoms with van der Waals surface area (Å²) in [4.78, 5) is -0.877. The van der Waals surface area contributed by atoms with Crippen molar-refractivity contribution in [2.75, 3.05) is 5.73 Å². The Hall–Kier alpha value is -1.68. The van der Waals surface area contributed by atoms with E-state index in [0.717, 1.165) is 18.2 Å². The minimum absolute atomic E-state index is 0.0647. The predicted octanol–water partition coefficient (Wildman–Crippen LogP) is 0.915. The molecule has 0 aliphatic rings. The predicted molar refractivity (Wildman–Crippen MR) is 68.0 cm³/mol. The molecular formula is C10H9NO6S2. The number of benzene rings is 2. The van der Waals surface area contributed by atoms with Gasteiger partial charge in [-0.05, 0) is 23.6 Å². The summed E-state index contributed by atoms with van der Waals surface area (Å²) in [5.74, 6) is 0. The lowest BCUT2D eigenvalue weighted by atomic mass is 10.1. The van der Waals surface area contributed by atoms with Gasteiger partial charge in [0.15, 0.2) is 0 Å². The summed E-state index contributed by atoms with van der Waals surface area (Å²) in [5, 5.41) is 0.270. The van der Waals surface area contributed by atoms with Gasteiger partial charge in [-0.3, -0.25) is 9.11 Å². The lowest BCUT2D eigenvalue weighted by Crippen LogP contribution is -2.04. The molecule has 0 aliphatic heterocycles. The molecule has 0 unspecified atom stereocenters. The van der Waals surface area contributed by atoms with Gasteiger partial charge in [0.2, 0.25) is 0 Å². The molecule has 0 heterocycles. The Labute approximate surface area is 109 Å². The normalized spacial score (nSPS) is 12.7. The molecule has 0 amide bonds. The number of rotatable bonds is 2. The molecule has 19 heavy (non-hydrogen) atoms. The minimum Gasteiger partial charge on any atom is -0.398 e. The van der Waals surface area contributed by atoms with Gasteiger partial charge in [-0.25, -0.2) is 0 Å². The summed E-state index contributed by atoms with van der Waals surface area (Å²) in [6.45, 7) is 0. The van der Waals surface area contributed by atoms with Crippen molar-refractivity contribution in [2.24, 2.45) is 0 Å². The number of nitrogens with two attached hydrogens (primary N) is 1. The van der Waals surface area contributed by atoms with E-state index in [1.165, 1.54) is 12.1 Å². The van der Waals surface area contributed by atoms with E-state index >= 15 is 0 Å². The Bertz CT molecular complexity index is 870. The SMILES string of the molecule is Nc1ccc2cc(S(=O)(=O)O)ccc2c1S(=O)(=O)O. The van der Waals surface area contributed by atoms with Crippen molar-refractivity contribution in [3.05, 3.63) is 30.3 Å². The maximum absolute atomic E-state index is 11.3. The number of fused-ring (bicyclic) bond motifs is 1. The van der Waals surface area contributed by atoms with Crippen molar-refractivity contribution < 1.29 is 25.9 Å². The van der Waals surface area contributed by atoms with E-state index in [-0.39, 0.29) is 21.4 Å². The summed E-state index contributed by atoms with van der Waals surface area (Å²) in [7, 11) is -8.94. The lowest BCUT2D eigenvalue weighted by Gasteiger charge is -2.08. The molecule has 0 saturated heterocycles. The fraction of sp³-hybridized carbons (Fsp3) is 0. The summed E-state index contributed by atoms with van der Waals surface area (Å²) in [5.41, 5.74) is 5.33. The molecule has 7 nitrogen and oxygen atoms in total. The van der Waals surface area contributed by atoms with Gasteiger partial charge >= 0.3 is 0 Å². The van der Waals surface area contributed by atoms with E-state index in [9.17, 15) is 16.8 Å². The van der Waals surface area contributed by atoms with Crippen molar-refractivity contribution in [1.82, 2.24) is 0 Å². The van der Waals surface area contributed by atoms with Crippen LogP contribution < -0.4 is 5.73 Å². The lowest BCUT2D eigenvalue weighted by molar-refractivity contribution is 0.482. The number of nitrogen functional groups attached to an aromatic ring is 1. The molecule has 0 radical (unpaired) electrons. The van der Waals surface area contributed by atoms with Gasteiger partial charge in [0, 0.05) is 5.39 Å². The fourth-order valence-corrected chi connectivity index (χ4v) is 3.09. The smallest absolute Gasteiger partial charge is 0.297 e. The maximum Gasteiger partial charge on any atom is 0.297 e. The molecule has 0 bridgehead atoms. The molecule has 0 aliphatic carbocycles. The topological polar surface area (TPSA) is 135 Å². The highest BCUT2D eigenvalue weighted by Gasteiger charge is 2.19. The van der Waals surface area contributed by atoms with Gasteiger partial charge in [-0.2, -0.15) is 16.8 Å². The Morgan fingerprint density at radius 2 is 1.53 bits per heavy atom.